The minimum absolute atomic E-state index is 0.0616. The average Bonchev–Trinajstić information content (AvgIpc) is 3.11. The van der Waals surface area contributed by atoms with Gasteiger partial charge in [-0.25, -0.2) is 0 Å². The van der Waals surface area contributed by atoms with E-state index in [0.717, 1.165) is 29.7 Å². The fraction of sp³-hybridized carbons (Fsp3) is 0.652. The van der Waals surface area contributed by atoms with Crippen LogP contribution in [0.4, 0.5) is 0 Å². The minimum atomic E-state index is -0.459. The normalized spacial score (nSPS) is 23.5. The molecule has 1 saturated heterocycles. The number of hydrogen-bond donors (Lipinski definition) is 2. The summed E-state index contributed by atoms with van der Waals surface area (Å²) in [5.74, 6) is 0.561. The first-order valence-electron chi connectivity index (χ1n) is 11.4. The molecule has 3 rings (SSSR count). The molecule has 0 bridgehead atoms. The van der Waals surface area contributed by atoms with Gasteiger partial charge < -0.3 is 19.9 Å². The van der Waals surface area contributed by atoms with E-state index in [-0.39, 0.29) is 30.6 Å². The average molecular weight is 564 g/mol. The van der Waals surface area contributed by atoms with Crippen LogP contribution in [0.1, 0.15) is 64.2 Å². The van der Waals surface area contributed by atoms with Gasteiger partial charge in [-0.3, -0.25) is 9.59 Å². The van der Waals surface area contributed by atoms with Gasteiger partial charge in [-0.1, -0.05) is 68.3 Å². The molecule has 1 heterocycles. The number of benzene rings is 1. The smallest absolute Gasteiger partial charge is 0.404 e. The molecule has 0 aromatic heterocycles. The van der Waals surface area contributed by atoms with Gasteiger partial charge in [-0.05, 0) is 49.8 Å². The monoisotopic (exact) mass is 562 g/mol. The van der Waals surface area contributed by atoms with Gasteiger partial charge >= 0.3 is 7.12 Å². The maximum atomic E-state index is 12.2. The van der Waals surface area contributed by atoms with Crippen LogP contribution in [0.2, 0.25) is 5.02 Å². The molecule has 2 amide bonds. The molecular weight excluding hydrogens is 525 g/mol. The summed E-state index contributed by atoms with van der Waals surface area (Å²) in [4.78, 5) is 24.3. The fourth-order valence-corrected chi connectivity index (χ4v) is 4.41. The molecule has 0 spiro atoms. The molecule has 2 N–H and O–H groups in total. The molecule has 1 aromatic carbocycles. The molecule has 1 aliphatic carbocycles. The van der Waals surface area contributed by atoms with Crippen LogP contribution in [0, 0.1) is 11.8 Å². The molecule has 10 heteroatoms. The molecular formula is C23H38BBrClN2O4P. The van der Waals surface area contributed by atoms with Crippen molar-refractivity contribution < 1.29 is 18.9 Å². The topological polar surface area (TPSA) is 76.7 Å². The first-order valence-corrected chi connectivity index (χ1v) is 13.8. The van der Waals surface area contributed by atoms with E-state index in [1.807, 2.05) is 6.66 Å². The molecule has 33 heavy (non-hydrogen) atoms. The Morgan fingerprint density at radius 2 is 1.94 bits per heavy atom. The third-order valence-corrected chi connectivity index (χ3v) is 6.02. The third kappa shape index (κ3) is 9.85. The van der Waals surface area contributed by atoms with Crippen molar-refractivity contribution >= 4 is 55.7 Å². The van der Waals surface area contributed by atoms with Crippen molar-refractivity contribution in [2.24, 2.45) is 11.8 Å². The number of carbonyl (C=O) groups excluding carboxylic acids is 2. The number of rotatable bonds is 5. The zero-order valence-corrected chi connectivity index (χ0v) is 24.0. The van der Waals surface area contributed by atoms with E-state index in [0.29, 0.717) is 16.5 Å². The lowest BCUT2D eigenvalue weighted by atomic mass is 9.77. The van der Waals surface area contributed by atoms with E-state index in [1.54, 1.807) is 18.2 Å². The van der Waals surface area contributed by atoms with Crippen LogP contribution in [-0.2, 0) is 14.1 Å². The van der Waals surface area contributed by atoms with E-state index in [1.165, 1.54) is 0 Å². The number of halogens is 2. The van der Waals surface area contributed by atoms with E-state index in [2.05, 4.69) is 70.4 Å². The standard InChI is InChI=1S/C18H23BBrClN2O4.C4H10.CH5P/c1-11-4-3-7-18(2)16(11)26-19(27-18)10-23-15(24)9-22-17(25)13-8-12(20)5-6-14(13)21;1-4(2)3;1-2/h5-6,8,11,16H,3-4,7,9-10H2,1-2H3,(H,22,25)(H,23,24);4H,1-3H3;2H2,1H3/t11?,16?,18-;;/m0../s1. The first-order chi connectivity index (χ1) is 15.5. The summed E-state index contributed by atoms with van der Waals surface area (Å²) in [6.07, 6.45) is 3.54. The van der Waals surface area contributed by atoms with Gasteiger partial charge in [0.05, 0.1) is 35.3 Å². The van der Waals surface area contributed by atoms with Gasteiger partial charge in [0.25, 0.3) is 5.91 Å². The summed E-state index contributed by atoms with van der Waals surface area (Å²) in [6, 6.07) is 4.97. The SMILES string of the molecule is CC(C)C.CC1CCC[C@]2(C)OB(CNC(=O)CNC(=O)c3cc(Br)ccc3Cl)OC12.CP. The largest absolute Gasteiger partial charge is 0.478 e. The lowest BCUT2D eigenvalue weighted by Crippen LogP contribution is -2.44. The first kappa shape index (κ1) is 30.4. The van der Waals surface area contributed by atoms with E-state index in [9.17, 15) is 9.59 Å². The summed E-state index contributed by atoms with van der Waals surface area (Å²) in [5, 5.41) is 5.65. The molecule has 186 valence electrons. The Bertz CT molecular complexity index is 786. The number of hydrogen-bond acceptors (Lipinski definition) is 4. The van der Waals surface area contributed by atoms with Crippen molar-refractivity contribution in [3.63, 3.8) is 0 Å². The summed E-state index contributed by atoms with van der Waals surface area (Å²) in [6.45, 7) is 12.5. The van der Waals surface area contributed by atoms with E-state index >= 15 is 0 Å². The lowest BCUT2D eigenvalue weighted by Gasteiger charge is -2.38. The molecule has 6 nitrogen and oxygen atoms in total. The van der Waals surface area contributed by atoms with Crippen LogP contribution in [0.15, 0.2) is 22.7 Å². The Morgan fingerprint density at radius 3 is 2.55 bits per heavy atom. The number of amides is 2. The molecule has 2 fully saturated rings. The molecule has 0 radical (unpaired) electrons. The molecule has 1 saturated carbocycles. The highest BCUT2D eigenvalue weighted by Crippen LogP contribution is 2.42. The highest BCUT2D eigenvalue weighted by molar-refractivity contribution is 9.10. The maximum Gasteiger partial charge on any atom is 0.478 e. The lowest BCUT2D eigenvalue weighted by molar-refractivity contribution is -0.119. The van der Waals surface area contributed by atoms with Gasteiger partial charge in [0.2, 0.25) is 5.91 Å². The summed E-state index contributed by atoms with van der Waals surface area (Å²) >= 11 is 9.32. The minimum Gasteiger partial charge on any atom is -0.404 e. The Balaban J connectivity index is 0.000000820. The van der Waals surface area contributed by atoms with Crippen molar-refractivity contribution in [3.05, 3.63) is 33.3 Å². The van der Waals surface area contributed by atoms with Crippen molar-refractivity contribution in [1.29, 1.82) is 0 Å². The highest BCUT2D eigenvalue weighted by Gasteiger charge is 2.51. The van der Waals surface area contributed by atoms with Crippen LogP contribution in [0.5, 0.6) is 0 Å². The number of carbonyl (C=O) groups is 2. The highest BCUT2D eigenvalue weighted by atomic mass is 79.9. The predicted octanol–water partition coefficient (Wildman–Crippen LogP) is 5.12. The number of nitrogens with one attached hydrogen (secondary N) is 2. The second kappa shape index (κ2) is 14.7. The summed E-state index contributed by atoms with van der Waals surface area (Å²) in [5.41, 5.74) is 0.0333. The second-order valence-corrected chi connectivity index (χ2v) is 10.5. The summed E-state index contributed by atoms with van der Waals surface area (Å²) in [7, 11) is 1.96. The van der Waals surface area contributed by atoms with Crippen LogP contribution in [-0.4, -0.2) is 50.3 Å². The molecule has 1 aliphatic heterocycles. The van der Waals surface area contributed by atoms with Crippen molar-refractivity contribution in [3.8, 4) is 0 Å². The molecule has 1 aromatic rings. The summed E-state index contributed by atoms with van der Waals surface area (Å²) < 4.78 is 12.8. The van der Waals surface area contributed by atoms with Crippen LogP contribution in [0.3, 0.4) is 0 Å². The molecule has 4 atom stereocenters. The van der Waals surface area contributed by atoms with Crippen molar-refractivity contribution in [2.45, 2.75) is 65.6 Å². The zero-order chi connectivity index (χ0) is 25.2. The fourth-order valence-electron chi connectivity index (χ4n) is 3.84. The predicted molar refractivity (Wildman–Crippen MR) is 144 cm³/mol. The van der Waals surface area contributed by atoms with Gasteiger partial charge in [0, 0.05) is 4.47 Å². The Labute approximate surface area is 215 Å². The zero-order valence-electron chi connectivity index (χ0n) is 20.5. The third-order valence-electron chi connectivity index (χ3n) is 5.20. The number of fused-ring (bicyclic) bond motifs is 1. The quantitative estimate of drug-likeness (QED) is 0.385. The van der Waals surface area contributed by atoms with Gasteiger partial charge in [0.15, 0.2) is 0 Å². The van der Waals surface area contributed by atoms with Gasteiger partial charge in [-0.2, -0.15) is 0 Å². The Hall–Kier alpha value is -0.655. The second-order valence-electron chi connectivity index (χ2n) is 9.13. The van der Waals surface area contributed by atoms with Crippen LogP contribution >= 0.6 is 36.8 Å². The van der Waals surface area contributed by atoms with Crippen molar-refractivity contribution in [2.75, 3.05) is 19.7 Å². The van der Waals surface area contributed by atoms with Crippen LogP contribution < -0.4 is 10.6 Å². The van der Waals surface area contributed by atoms with Gasteiger partial charge in [-0.15, -0.1) is 9.24 Å². The maximum absolute atomic E-state index is 12.2. The van der Waals surface area contributed by atoms with Crippen LogP contribution in [0.25, 0.3) is 0 Å². The molecule has 2 aliphatic rings. The van der Waals surface area contributed by atoms with Crippen molar-refractivity contribution in [1.82, 2.24) is 10.6 Å². The van der Waals surface area contributed by atoms with E-state index < -0.39 is 13.0 Å². The van der Waals surface area contributed by atoms with Gasteiger partial charge in [0.1, 0.15) is 0 Å². The van der Waals surface area contributed by atoms with E-state index in [4.69, 9.17) is 20.9 Å². The Kier molecular flexibility index (Phi) is 13.5. The Morgan fingerprint density at radius 1 is 1.30 bits per heavy atom. The molecule has 3 unspecified atom stereocenters.